The molecule has 0 fully saturated rings. The SMILES string of the molecule is Cc1ccc2cccc([O][Al][O]c3ccc(-c4ccccc4)cc3)c2n1.[AlH][O]c1cccc2cccnc12.c1ccc(-n2c3ccccc3c3cc(-c4ccc5oc6ccc(-n7c8ccccc8c8ccccc87)cc6c5c4)ccc32)cc1. The highest BCUT2D eigenvalue weighted by atomic mass is 27.2. The molecular formula is C73H50Al2N4O4. The predicted octanol–water partition coefficient (Wildman–Crippen LogP) is 18.1. The molecule has 0 atom stereocenters. The van der Waals surface area contributed by atoms with Crippen LogP contribution in [0.1, 0.15) is 5.69 Å². The molecule has 11 aromatic carbocycles. The largest absolute Gasteiger partial charge is 0.881 e. The number of hydrogen-bond donors (Lipinski definition) is 0. The summed E-state index contributed by atoms with van der Waals surface area (Å²) >= 11 is 0.801. The molecule has 8 nitrogen and oxygen atoms in total. The number of aromatic nitrogens is 4. The van der Waals surface area contributed by atoms with Gasteiger partial charge >= 0.3 is 32.5 Å². The van der Waals surface area contributed by atoms with Gasteiger partial charge in [0.25, 0.3) is 0 Å². The van der Waals surface area contributed by atoms with Crippen LogP contribution in [0.5, 0.6) is 17.2 Å². The third kappa shape index (κ3) is 10.0. The van der Waals surface area contributed by atoms with Crippen molar-refractivity contribution >= 4 is 120 Å². The first-order valence-electron chi connectivity index (χ1n) is 27.5. The normalized spacial score (nSPS) is 11.2. The molecule has 0 aliphatic carbocycles. The Morgan fingerprint density at radius 1 is 0.386 bits per heavy atom. The van der Waals surface area contributed by atoms with Crippen LogP contribution in [0, 0.1) is 6.92 Å². The molecule has 16 rings (SSSR count). The molecule has 0 spiro atoms. The molecule has 2 radical (unpaired) electrons. The Kier molecular flexibility index (Phi) is 13.9. The summed E-state index contributed by atoms with van der Waals surface area (Å²) in [6.07, 6.45) is 1.77. The summed E-state index contributed by atoms with van der Waals surface area (Å²) in [4.78, 5) is 8.81. The van der Waals surface area contributed by atoms with E-state index in [4.69, 9.17) is 15.8 Å². The van der Waals surface area contributed by atoms with Crippen LogP contribution in [0.3, 0.4) is 0 Å². The van der Waals surface area contributed by atoms with Crippen LogP contribution in [0.15, 0.2) is 284 Å². The van der Waals surface area contributed by atoms with Crippen LogP contribution in [-0.4, -0.2) is 51.6 Å². The molecule has 0 unspecified atom stereocenters. The number of nitrogens with zero attached hydrogens (tertiary/aromatic N) is 4. The molecule has 0 N–H and O–H groups in total. The standard InChI is InChI=1S/C42H26N2O.C12H10O.C10H9NO.C9H7NO.2Al.H/c1-2-10-29(11-3-1)43-39-17-9-6-14-33(39)34-24-27(18-21-40(34)43)28-19-22-41-35(25-28)36-26-30(20-23-42(36)45-41)44-37-15-7-4-12-31(37)32-13-5-8-16-38(32)44;13-12-8-6-11(7-9-12)10-4-2-1-3-5-10;1-7-5-6-8-3-2-4-9(12)10(8)11-7;11-8-5-1-3-7-4-2-6-10-9(7)8;;;/h1-26H;1-9,13H;2-6,12H,1H3;1-6,11H;;;/q;;;;+1;+2;/p-3. The Labute approximate surface area is 494 Å². The van der Waals surface area contributed by atoms with Crippen LogP contribution < -0.4 is 11.4 Å². The molecule has 83 heavy (non-hydrogen) atoms. The topological polar surface area (TPSA) is 76.5 Å². The van der Waals surface area contributed by atoms with Crippen molar-refractivity contribution < 1.29 is 15.8 Å². The van der Waals surface area contributed by atoms with E-state index in [9.17, 15) is 0 Å². The van der Waals surface area contributed by atoms with Crippen molar-refractivity contribution in [3.8, 4) is 50.9 Å². The molecule has 0 saturated heterocycles. The Morgan fingerprint density at radius 2 is 0.916 bits per heavy atom. The fraction of sp³-hybridized carbons (Fsp3) is 0.0137. The molecule has 0 aliphatic rings. The van der Waals surface area contributed by atoms with E-state index in [1.807, 2.05) is 91.9 Å². The van der Waals surface area contributed by atoms with E-state index in [0.717, 1.165) is 72.4 Å². The van der Waals surface area contributed by atoms with Crippen LogP contribution in [-0.2, 0) is 0 Å². The minimum absolute atomic E-state index is 0.665. The van der Waals surface area contributed by atoms with E-state index in [1.54, 1.807) is 6.20 Å². The molecular weight excluding hydrogens is 1050 g/mol. The van der Waals surface area contributed by atoms with Crippen molar-refractivity contribution in [3.63, 3.8) is 0 Å². The van der Waals surface area contributed by atoms with E-state index in [-0.39, 0.29) is 0 Å². The number of furan rings is 1. The van der Waals surface area contributed by atoms with Gasteiger partial charge in [-0.2, -0.15) is 0 Å². The second kappa shape index (κ2) is 22.6. The molecule has 5 heterocycles. The summed E-state index contributed by atoms with van der Waals surface area (Å²) < 4.78 is 28.0. The molecule has 10 heteroatoms. The lowest BCUT2D eigenvalue weighted by Gasteiger charge is -2.11. The predicted molar refractivity (Wildman–Crippen MR) is 343 cm³/mol. The van der Waals surface area contributed by atoms with Crippen LogP contribution >= 0.6 is 0 Å². The first-order chi connectivity index (χ1) is 41.0. The number of rotatable bonds is 9. The summed E-state index contributed by atoms with van der Waals surface area (Å²) in [6, 6.07) is 94.8. The zero-order valence-corrected chi connectivity index (χ0v) is 47.8. The summed E-state index contributed by atoms with van der Waals surface area (Å²) in [5, 5.41) is 9.45. The fourth-order valence-electron chi connectivity index (χ4n) is 11.3. The van der Waals surface area contributed by atoms with Crippen molar-refractivity contribution in [2.45, 2.75) is 6.92 Å². The third-order valence-electron chi connectivity index (χ3n) is 15.2. The van der Waals surface area contributed by atoms with Crippen molar-refractivity contribution in [3.05, 3.63) is 285 Å². The van der Waals surface area contributed by atoms with E-state index >= 15 is 0 Å². The molecule has 0 bridgehead atoms. The van der Waals surface area contributed by atoms with Crippen molar-refractivity contribution in [1.29, 1.82) is 0 Å². The van der Waals surface area contributed by atoms with Crippen molar-refractivity contribution in [1.82, 2.24) is 19.1 Å². The number of para-hydroxylation sites is 6. The second-order valence-electron chi connectivity index (χ2n) is 20.3. The highest BCUT2D eigenvalue weighted by Crippen LogP contribution is 2.39. The van der Waals surface area contributed by atoms with Gasteiger partial charge in [0.05, 0.1) is 27.8 Å². The summed E-state index contributed by atoms with van der Waals surface area (Å²) in [7, 11) is 0. The van der Waals surface area contributed by atoms with Crippen molar-refractivity contribution in [2.75, 3.05) is 0 Å². The third-order valence-corrected chi connectivity index (χ3v) is 16.2. The van der Waals surface area contributed by atoms with Gasteiger partial charge < -0.3 is 24.9 Å². The molecule has 392 valence electrons. The Morgan fingerprint density at radius 3 is 1.61 bits per heavy atom. The maximum absolute atomic E-state index is 6.36. The number of hydrogen-bond acceptors (Lipinski definition) is 6. The van der Waals surface area contributed by atoms with E-state index in [1.165, 1.54) is 88.2 Å². The Balaban J connectivity index is 0.000000135. The van der Waals surface area contributed by atoms with E-state index in [2.05, 4.69) is 207 Å². The molecule has 0 saturated carbocycles. The summed E-state index contributed by atoms with van der Waals surface area (Å²) in [5.41, 5.74) is 16.4. The average Bonchev–Trinajstić information content (AvgIpc) is 3.50. The van der Waals surface area contributed by atoms with Crippen molar-refractivity contribution in [2.24, 2.45) is 0 Å². The molecule has 0 amide bonds. The van der Waals surface area contributed by atoms with Crippen LogP contribution in [0.2, 0.25) is 0 Å². The molecule has 16 aromatic rings. The van der Waals surface area contributed by atoms with Crippen LogP contribution in [0.25, 0.3) is 121 Å². The lowest BCUT2D eigenvalue weighted by molar-refractivity contribution is 0.461. The number of pyridine rings is 2. The smallest absolute Gasteiger partial charge is 0.649 e. The molecule has 5 aromatic heterocycles. The fourth-order valence-corrected chi connectivity index (χ4v) is 12.1. The monoisotopic (exact) mass is 1100 g/mol. The minimum atomic E-state index is -0.665. The number of fused-ring (bicyclic) bond motifs is 11. The zero-order chi connectivity index (χ0) is 55.6. The van der Waals surface area contributed by atoms with E-state index in [0.29, 0.717) is 0 Å². The van der Waals surface area contributed by atoms with Gasteiger partial charge in [0.15, 0.2) is 0 Å². The van der Waals surface area contributed by atoms with Gasteiger partial charge in [-0.25, -0.2) is 4.98 Å². The lowest BCUT2D eigenvalue weighted by atomic mass is 10.0. The maximum Gasteiger partial charge on any atom is 0.881 e. The highest BCUT2D eigenvalue weighted by molar-refractivity contribution is 6.21. The number of aryl methyl sites for hydroxylation is 1. The van der Waals surface area contributed by atoms with Gasteiger partial charge in [0, 0.05) is 66.4 Å². The first-order valence-corrected chi connectivity index (χ1v) is 29.0. The minimum Gasteiger partial charge on any atom is -0.649 e. The first kappa shape index (κ1) is 51.3. The van der Waals surface area contributed by atoms with Gasteiger partial charge in [-0.05, 0) is 138 Å². The lowest BCUT2D eigenvalue weighted by Crippen LogP contribution is -2.11. The van der Waals surface area contributed by atoms with Crippen LogP contribution in [0.4, 0.5) is 0 Å². The molecule has 0 aliphatic heterocycles. The maximum atomic E-state index is 6.36. The summed E-state index contributed by atoms with van der Waals surface area (Å²) in [6.45, 7) is 1.98. The van der Waals surface area contributed by atoms with Gasteiger partial charge in [0.1, 0.15) is 33.7 Å². The highest BCUT2D eigenvalue weighted by Gasteiger charge is 2.17. The Hall–Kier alpha value is -9.90. The van der Waals surface area contributed by atoms with E-state index < -0.39 is 15.9 Å². The number of benzene rings is 11. The Bertz CT molecular complexity index is 4960. The van der Waals surface area contributed by atoms with Gasteiger partial charge in [-0.3, -0.25) is 4.98 Å². The summed E-state index contributed by atoms with van der Waals surface area (Å²) in [5.74, 6) is 2.41. The van der Waals surface area contributed by atoms with Gasteiger partial charge in [-0.15, -0.1) is 0 Å². The van der Waals surface area contributed by atoms with Gasteiger partial charge in [0.2, 0.25) is 0 Å². The van der Waals surface area contributed by atoms with Gasteiger partial charge in [-0.1, -0.05) is 164 Å². The zero-order valence-electron chi connectivity index (χ0n) is 45.3. The second-order valence-corrected chi connectivity index (χ2v) is 21.2. The quantitative estimate of drug-likeness (QED) is 0.134. The average molecular weight is 1100 g/mol.